The normalized spacial score (nSPS) is 13.4. The van der Waals surface area contributed by atoms with Crippen molar-refractivity contribution >= 4 is 18.2 Å². The highest BCUT2D eigenvalue weighted by molar-refractivity contribution is 6.19. The van der Waals surface area contributed by atoms with Gasteiger partial charge < -0.3 is 10.4 Å². The van der Waals surface area contributed by atoms with Crippen molar-refractivity contribution in [1.82, 2.24) is 5.32 Å². The molecule has 5 heteroatoms. The molecule has 56 valence electrons. The van der Waals surface area contributed by atoms with E-state index in [9.17, 15) is 4.79 Å². The van der Waals surface area contributed by atoms with Gasteiger partial charge in [-0.05, 0) is 0 Å². The van der Waals surface area contributed by atoms with Crippen molar-refractivity contribution in [2.45, 2.75) is 6.42 Å². The number of nitrogens with one attached hydrogen (secondary N) is 1. The first-order chi connectivity index (χ1) is 4.66. The Bertz CT molecular complexity index is 148. The number of carboxylic acids is 1. The summed E-state index contributed by atoms with van der Waals surface area (Å²) in [5.74, 6) is -1.24. The van der Waals surface area contributed by atoms with Gasteiger partial charge in [-0.15, -0.1) is 0 Å². The molecule has 1 fully saturated rings. The number of amides is 1. The number of aliphatic carboxylic acids is 1. The minimum absolute atomic E-state index is 0.167. The van der Waals surface area contributed by atoms with Crippen LogP contribution in [0.15, 0.2) is 0 Å². The Morgan fingerprint density at radius 3 is 2.00 bits per heavy atom. The zero-order valence-corrected chi connectivity index (χ0v) is 5.16. The number of hydrogen-bond donors (Lipinski definition) is 2. The van der Waals surface area contributed by atoms with Crippen molar-refractivity contribution in [3.8, 4) is 0 Å². The Morgan fingerprint density at radius 2 is 2.00 bits per heavy atom. The fourth-order valence-corrected chi connectivity index (χ4v) is 0.227. The van der Waals surface area contributed by atoms with E-state index < -0.39 is 5.97 Å². The van der Waals surface area contributed by atoms with Gasteiger partial charge >= 0.3 is 5.97 Å². The molecule has 5 nitrogen and oxygen atoms in total. The highest BCUT2D eigenvalue weighted by Gasteiger charge is 2.07. The van der Waals surface area contributed by atoms with Crippen LogP contribution in [0, 0.1) is 0 Å². The summed E-state index contributed by atoms with van der Waals surface area (Å²) in [6.45, 7) is 0.888. The van der Waals surface area contributed by atoms with E-state index in [1.165, 1.54) is 0 Å². The fraction of sp³-hybridized carbons (Fsp3) is 0.400. The van der Waals surface area contributed by atoms with Gasteiger partial charge in [-0.1, -0.05) is 0 Å². The number of rotatable bonds is 1. The first-order valence-electron chi connectivity index (χ1n) is 2.61. The summed E-state index contributed by atoms with van der Waals surface area (Å²) in [4.78, 5) is 27.7. The van der Waals surface area contributed by atoms with Crippen molar-refractivity contribution in [3.05, 3.63) is 0 Å². The topological polar surface area (TPSA) is 83.5 Å². The minimum atomic E-state index is -1.43. The van der Waals surface area contributed by atoms with Crippen molar-refractivity contribution in [2.24, 2.45) is 0 Å². The number of carboxylic acid groups (broad SMARTS) is 1. The highest BCUT2D eigenvalue weighted by Crippen LogP contribution is 1.85. The summed E-state index contributed by atoms with van der Waals surface area (Å²) < 4.78 is 0. The van der Waals surface area contributed by atoms with Crippen molar-refractivity contribution in [1.29, 1.82) is 0 Å². The first-order valence-corrected chi connectivity index (χ1v) is 2.61. The van der Waals surface area contributed by atoms with Crippen LogP contribution in [0.3, 0.4) is 0 Å². The van der Waals surface area contributed by atoms with Gasteiger partial charge in [0.05, 0.1) is 0 Å². The van der Waals surface area contributed by atoms with E-state index in [1.54, 1.807) is 0 Å². The van der Waals surface area contributed by atoms with Gasteiger partial charge in [-0.25, -0.2) is 4.79 Å². The molecular formula is C5H7NO4. The lowest BCUT2D eigenvalue weighted by Gasteiger charge is -2.10. The predicted molar refractivity (Wildman–Crippen MR) is 31.3 cm³/mol. The van der Waals surface area contributed by atoms with Gasteiger partial charge in [-0.3, -0.25) is 9.59 Å². The summed E-state index contributed by atoms with van der Waals surface area (Å²) in [7, 11) is 0. The van der Waals surface area contributed by atoms with Crippen LogP contribution in [0.4, 0.5) is 0 Å². The molecule has 1 rings (SSSR count). The summed E-state index contributed by atoms with van der Waals surface area (Å²) in [5, 5.41) is 9.92. The maximum absolute atomic E-state index is 9.79. The third kappa shape index (κ3) is 4.76. The largest absolute Gasteiger partial charge is 0.476 e. The van der Waals surface area contributed by atoms with Crippen molar-refractivity contribution in [3.63, 3.8) is 0 Å². The van der Waals surface area contributed by atoms with Crippen molar-refractivity contribution in [2.75, 3.05) is 6.54 Å². The van der Waals surface area contributed by atoms with E-state index in [0.717, 1.165) is 13.0 Å². The van der Waals surface area contributed by atoms with E-state index in [1.807, 2.05) is 0 Å². The summed E-state index contributed by atoms with van der Waals surface area (Å²) in [5.41, 5.74) is 0. The lowest BCUT2D eigenvalue weighted by atomic mass is 10.3. The third-order valence-electron chi connectivity index (χ3n) is 0.775. The van der Waals surface area contributed by atoms with E-state index >= 15 is 0 Å². The van der Waals surface area contributed by atoms with Crippen LogP contribution in [0.2, 0.25) is 0 Å². The Kier molecular flexibility index (Phi) is 3.86. The Hall–Kier alpha value is -1.39. The molecule has 0 aromatic rings. The molecule has 0 saturated carbocycles. The van der Waals surface area contributed by atoms with E-state index in [2.05, 4.69) is 5.32 Å². The summed E-state index contributed by atoms with van der Waals surface area (Å²) in [6.07, 6.45) is 0.569. The summed E-state index contributed by atoms with van der Waals surface area (Å²) in [6, 6.07) is 0. The fourth-order valence-electron chi connectivity index (χ4n) is 0.227. The molecule has 1 heterocycles. The highest BCUT2D eigenvalue weighted by atomic mass is 16.4. The molecule has 0 aromatic carbocycles. The Labute approximate surface area is 57.0 Å². The van der Waals surface area contributed by atoms with E-state index in [-0.39, 0.29) is 12.2 Å². The number of β-lactam (4-membered cyclic amide) rings is 1. The van der Waals surface area contributed by atoms with Crippen LogP contribution in [-0.4, -0.2) is 29.8 Å². The van der Waals surface area contributed by atoms with Crippen LogP contribution >= 0.6 is 0 Å². The third-order valence-corrected chi connectivity index (χ3v) is 0.775. The average Bonchev–Trinajstić information content (AvgIpc) is 1.85. The Balaban J connectivity index is 0.000000162. The predicted octanol–water partition coefficient (Wildman–Crippen LogP) is -1.22. The van der Waals surface area contributed by atoms with Gasteiger partial charge in [0.2, 0.25) is 12.2 Å². The standard InChI is InChI=1S/C3H5NO.C2H2O3/c5-3-1-2-4-3;3-1-2(4)5/h1-2H2,(H,4,5);1H,(H,4,5). The second-order valence-electron chi connectivity index (χ2n) is 1.56. The van der Waals surface area contributed by atoms with Crippen LogP contribution in [-0.2, 0) is 14.4 Å². The molecule has 0 spiro atoms. The van der Waals surface area contributed by atoms with Gasteiger partial charge in [0.1, 0.15) is 0 Å². The molecule has 0 unspecified atom stereocenters. The monoisotopic (exact) mass is 145 g/mol. The lowest BCUT2D eigenvalue weighted by Crippen LogP contribution is -2.37. The number of carbonyl (C=O) groups excluding carboxylic acids is 2. The Morgan fingerprint density at radius 1 is 1.70 bits per heavy atom. The number of hydrogen-bond acceptors (Lipinski definition) is 3. The van der Waals surface area contributed by atoms with E-state index in [0.29, 0.717) is 0 Å². The second-order valence-corrected chi connectivity index (χ2v) is 1.56. The zero-order chi connectivity index (χ0) is 7.98. The minimum Gasteiger partial charge on any atom is -0.476 e. The van der Waals surface area contributed by atoms with Crippen molar-refractivity contribution < 1.29 is 19.5 Å². The number of aldehydes is 1. The van der Waals surface area contributed by atoms with Crippen LogP contribution in [0.5, 0.6) is 0 Å². The van der Waals surface area contributed by atoms with Gasteiger partial charge in [-0.2, -0.15) is 0 Å². The SMILES string of the molecule is O=C1CCN1.O=CC(=O)O. The molecule has 1 aliphatic heterocycles. The molecule has 2 N–H and O–H groups in total. The lowest BCUT2D eigenvalue weighted by molar-refractivity contribution is -0.143. The first kappa shape index (κ1) is 8.61. The molecule has 0 aromatic heterocycles. The molecular weight excluding hydrogens is 138 g/mol. The van der Waals surface area contributed by atoms with Crippen LogP contribution in [0.1, 0.15) is 6.42 Å². The van der Waals surface area contributed by atoms with Gasteiger partial charge in [0.25, 0.3) is 0 Å². The van der Waals surface area contributed by atoms with Crippen LogP contribution < -0.4 is 5.32 Å². The van der Waals surface area contributed by atoms with Crippen LogP contribution in [0.25, 0.3) is 0 Å². The molecule has 1 aliphatic rings. The molecule has 10 heavy (non-hydrogen) atoms. The molecule has 1 amide bonds. The molecule has 0 atom stereocenters. The molecule has 0 radical (unpaired) electrons. The van der Waals surface area contributed by atoms with Gasteiger partial charge in [0.15, 0.2) is 0 Å². The molecule has 0 bridgehead atoms. The molecule has 1 saturated heterocycles. The zero-order valence-electron chi connectivity index (χ0n) is 5.16. The maximum atomic E-state index is 9.79. The quantitative estimate of drug-likeness (QED) is 0.275. The smallest absolute Gasteiger partial charge is 0.368 e. The van der Waals surface area contributed by atoms with E-state index in [4.69, 9.17) is 14.7 Å². The second kappa shape index (κ2) is 4.49. The average molecular weight is 145 g/mol. The van der Waals surface area contributed by atoms with Gasteiger partial charge in [0, 0.05) is 13.0 Å². The molecule has 0 aliphatic carbocycles. The summed E-state index contributed by atoms with van der Waals surface area (Å²) >= 11 is 0. The maximum Gasteiger partial charge on any atom is 0.368 e. The number of carbonyl (C=O) groups is 3.